The highest BCUT2D eigenvalue weighted by Crippen LogP contribution is 2.35. The Hall–Kier alpha value is -3.96. The summed E-state index contributed by atoms with van der Waals surface area (Å²) >= 11 is 2.91. The first-order valence-corrected chi connectivity index (χ1v) is 11.9. The van der Waals surface area contributed by atoms with Crippen molar-refractivity contribution in [3.63, 3.8) is 0 Å². The fraction of sp³-hybridized carbons (Fsp3) is 0.130. The third-order valence-electron chi connectivity index (χ3n) is 5.04. The van der Waals surface area contributed by atoms with E-state index < -0.39 is 0 Å². The SMILES string of the molecule is COc1cc(OCc2csc(-c3ccccc3)n2)c2nc(-c3cn4nc(OC)sc4n3)oc2c1. The number of imidazole rings is 1. The average Bonchev–Trinajstić information content (AvgIpc) is 3.65. The van der Waals surface area contributed by atoms with Crippen LogP contribution >= 0.6 is 22.7 Å². The molecule has 0 unspecified atom stereocenters. The Labute approximate surface area is 201 Å². The van der Waals surface area contributed by atoms with Crippen LogP contribution in [0, 0.1) is 0 Å². The smallest absolute Gasteiger partial charge is 0.294 e. The number of hydrogen-bond donors (Lipinski definition) is 0. The van der Waals surface area contributed by atoms with Crippen LogP contribution in [-0.2, 0) is 6.61 Å². The van der Waals surface area contributed by atoms with E-state index in [9.17, 15) is 0 Å². The van der Waals surface area contributed by atoms with E-state index in [1.165, 1.54) is 11.3 Å². The van der Waals surface area contributed by atoms with Crippen LogP contribution in [0.2, 0.25) is 0 Å². The zero-order valence-electron chi connectivity index (χ0n) is 18.1. The molecule has 6 rings (SSSR count). The molecule has 0 atom stereocenters. The van der Waals surface area contributed by atoms with Gasteiger partial charge in [-0.05, 0) is 11.3 Å². The Morgan fingerprint density at radius 3 is 2.71 bits per heavy atom. The van der Waals surface area contributed by atoms with Gasteiger partial charge in [0.2, 0.25) is 10.9 Å². The van der Waals surface area contributed by atoms with E-state index in [1.54, 1.807) is 48.4 Å². The van der Waals surface area contributed by atoms with E-state index in [2.05, 4.69) is 15.1 Å². The first kappa shape index (κ1) is 20.6. The number of benzene rings is 2. The van der Waals surface area contributed by atoms with E-state index in [0.29, 0.717) is 44.3 Å². The van der Waals surface area contributed by atoms with Crippen molar-refractivity contribution < 1.29 is 18.6 Å². The lowest BCUT2D eigenvalue weighted by Crippen LogP contribution is -1.97. The number of nitrogens with zero attached hydrogens (tertiary/aromatic N) is 5. The van der Waals surface area contributed by atoms with Crippen molar-refractivity contribution in [2.24, 2.45) is 0 Å². The van der Waals surface area contributed by atoms with Gasteiger partial charge in [-0.1, -0.05) is 30.3 Å². The highest BCUT2D eigenvalue weighted by Gasteiger charge is 2.19. The number of aromatic nitrogens is 5. The van der Waals surface area contributed by atoms with Gasteiger partial charge in [0, 0.05) is 23.1 Å². The number of thiazole rings is 1. The van der Waals surface area contributed by atoms with Crippen molar-refractivity contribution in [3.05, 3.63) is 59.7 Å². The minimum Gasteiger partial charge on any atom is -0.496 e. The quantitative estimate of drug-likeness (QED) is 0.296. The predicted octanol–water partition coefficient (Wildman–Crippen LogP) is 5.32. The molecule has 0 aliphatic carbocycles. The van der Waals surface area contributed by atoms with E-state index >= 15 is 0 Å². The van der Waals surface area contributed by atoms with Gasteiger partial charge in [-0.15, -0.1) is 16.4 Å². The minimum absolute atomic E-state index is 0.289. The van der Waals surface area contributed by atoms with Gasteiger partial charge in [0.05, 0.1) is 26.1 Å². The summed E-state index contributed by atoms with van der Waals surface area (Å²) in [6, 6.07) is 13.6. The van der Waals surface area contributed by atoms with Crippen LogP contribution in [0.15, 0.2) is 58.5 Å². The Morgan fingerprint density at radius 2 is 1.91 bits per heavy atom. The maximum atomic E-state index is 6.11. The molecule has 0 N–H and O–H groups in total. The summed E-state index contributed by atoms with van der Waals surface area (Å²) in [5.74, 6) is 1.51. The number of oxazole rings is 1. The second-order valence-corrected chi connectivity index (χ2v) is 8.99. The largest absolute Gasteiger partial charge is 0.496 e. The molecule has 0 amide bonds. The Kier molecular flexibility index (Phi) is 5.12. The van der Waals surface area contributed by atoms with Crippen molar-refractivity contribution in [1.29, 1.82) is 0 Å². The summed E-state index contributed by atoms with van der Waals surface area (Å²) in [4.78, 5) is 14.6. The highest BCUT2D eigenvalue weighted by atomic mass is 32.1. The molecule has 9 nitrogen and oxygen atoms in total. The van der Waals surface area contributed by atoms with Crippen molar-refractivity contribution in [1.82, 2.24) is 24.6 Å². The van der Waals surface area contributed by atoms with Gasteiger partial charge in [0.1, 0.15) is 23.1 Å². The van der Waals surface area contributed by atoms with Crippen LogP contribution in [0.5, 0.6) is 16.7 Å². The van der Waals surface area contributed by atoms with Crippen LogP contribution in [0.3, 0.4) is 0 Å². The van der Waals surface area contributed by atoms with Crippen LogP contribution < -0.4 is 14.2 Å². The summed E-state index contributed by atoms with van der Waals surface area (Å²) in [6.45, 7) is 0.289. The normalized spacial score (nSPS) is 11.4. The van der Waals surface area contributed by atoms with Gasteiger partial charge in [-0.3, -0.25) is 0 Å². The Morgan fingerprint density at radius 1 is 1.03 bits per heavy atom. The molecule has 0 saturated carbocycles. The molecule has 6 aromatic rings. The first-order valence-electron chi connectivity index (χ1n) is 10.2. The molecule has 0 radical (unpaired) electrons. The number of hydrogen-bond acceptors (Lipinski definition) is 10. The van der Waals surface area contributed by atoms with Gasteiger partial charge in [0.25, 0.3) is 5.19 Å². The zero-order valence-corrected chi connectivity index (χ0v) is 19.7. The third-order valence-corrected chi connectivity index (χ3v) is 6.86. The zero-order chi connectivity index (χ0) is 23.1. The second kappa shape index (κ2) is 8.43. The van der Waals surface area contributed by atoms with Crippen molar-refractivity contribution >= 4 is 38.7 Å². The van der Waals surface area contributed by atoms with Crippen LogP contribution in [0.4, 0.5) is 0 Å². The van der Waals surface area contributed by atoms with E-state index in [1.807, 2.05) is 35.7 Å². The fourth-order valence-corrected chi connectivity index (χ4v) is 4.93. The maximum Gasteiger partial charge on any atom is 0.294 e. The Balaban J connectivity index is 1.30. The molecule has 0 saturated heterocycles. The van der Waals surface area contributed by atoms with Crippen LogP contribution in [-0.4, -0.2) is 38.8 Å². The molecule has 0 bridgehead atoms. The predicted molar refractivity (Wildman–Crippen MR) is 129 cm³/mol. The first-order chi connectivity index (χ1) is 16.7. The van der Waals surface area contributed by atoms with Gasteiger partial charge >= 0.3 is 0 Å². The number of fused-ring (bicyclic) bond motifs is 2. The lowest BCUT2D eigenvalue weighted by Gasteiger charge is -2.07. The summed E-state index contributed by atoms with van der Waals surface area (Å²) in [5, 5.41) is 7.77. The number of ether oxygens (including phenoxy) is 3. The fourth-order valence-electron chi connectivity index (χ4n) is 3.42. The van der Waals surface area contributed by atoms with Crippen LogP contribution in [0.25, 0.3) is 38.2 Å². The summed E-state index contributed by atoms with van der Waals surface area (Å²) in [5.41, 5.74) is 3.59. The van der Waals surface area contributed by atoms with Gasteiger partial charge in [-0.2, -0.15) is 0 Å². The van der Waals surface area contributed by atoms with Gasteiger partial charge in [-0.25, -0.2) is 19.5 Å². The molecule has 2 aromatic carbocycles. The summed E-state index contributed by atoms with van der Waals surface area (Å²) in [7, 11) is 3.17. The molecule has 0 spiro atoms. The molecule has 0 aliphatic heterocycles. The molecule has 0 aliphatic rings. The molecule has 4 aromatic heterocycles. The summed E-state index contributed by atoms with van der Waals surface area (Å²) in [6.07, 6.45) is 1.75. The minimum atomic E-state index is 0.289. The molecular weight excluding hydrogens is 474 g/mol. The molecule has 4 heterocycles. The highest BCUT2D eigenvalue weighted by molar-refractivity contribution is 7.18. The molecule has 11 heteroatoms. The van der Waals surface area contributed by atoms with Gasteiger partial charge in [0.15, 0.2) is 16.8 Å². The van der Waals surface area contributed by atoms with Crippen LogP contribution in [0.1, 0.15) is 5.69 Å². The topological polar surface area (TPSA) is 96.8 Å². The lowest BCUT2D eigenvalue weighted by atomic mass is 10.2. The Bertz CT molecular complexity index is 1570. The monoisotopic (exact) mass is 491 g/mol. The van der Waals surface area contributed by atoms with Gasteiger partial charge < -0.3 is 18.6 Å². The van der Waals surface area contributed by atoms with E-state index in [-0.39, 0.29) is 6.61 Å². The average molecular weight is 492 g/mol. The van der Waals surface area contributed by atoms with E-state index in [0.717, 1.165) is 16.3 Å². The summed E-state index contributed by atoms with van der Waals surface area (Å²) < 4.78 is 24.3. The molecule has 0 fully saturated rings. The second-order valence-electron chi connectivity index (χ2n) is 7.22. The number of methoxy groups -OCH3 is 2. The van der Waals surface area contributed by atoms with Crippen molar-refractivity contribution in [3.8, 4) is 38.8 Å². The number of rotatable bonds is 7. The van der Waals surface area contributed by atoms with E-state index in [4.69, 9.17) is 23.6 Å². The van der Waals surface area contributed by atoms with Crippen molar-refractivity contribution in [2.45, 2.75) is 6.61 Å². The molecule has 34 heavy (non-hydrogen) atoms. The van der Waals surface area contributed by atoms with Crippen molar-refractivity contribution in [2.75, 3.05) is 14.2 Å². The molecular formula is C23H17N5O4S2. The maximum absolute atomic E-state index is 6.11. The third kappa shape index (κ3) is 3.74. The molecule has 170 valence electrons. The standard InChI is InChI=1S/C23H17N5O4S2/c1-29-15-8-17(31-11-14-12-33-21(24-14)13-6-4-3-5-7-13)19-18(9-15)32-20(26-19)16-10-28-22(25-16)34-23(27-28)30-2/h3-10,12H,11H2,1-2H3. The lowest BCUT2D eigenvalue weighted by molar-refractivity contribution is 0.303.